The molecular weight excluding hydrogens is 230 g/mol. The van der Waals surface area contributed by atoms with Crippen molar-refractivity contribution in [2.45, 2.75) is 38.1 Å². The molecule has 2 aliphatic rings. The standard InChI is InChI=1S/C13H23N3O2/c1-13(14,10-3-4-10)12(18)16-7-5-9(6-8-16)11(17)15-2/h9-10H,3-8,14H2,1-2H3,(H,15,17). The summed E-state index contributed by atoms with van der Waals surface area (Å²) in [7, 11) is 1.66. The summed E-state index contributed by atoms with van der Waals surface area (Å²) in [6.45, 7) is 3.14. The Morgan fingerprint density at radius 1 is 1.22 bits per heavy atom. The zero-order chi connectivity index (χ0) is 13.3. The number of nitrogens with two attached hydrogens (primary N) is 1. The number of nitrogens with zero attached hydrogens (tertiary/aromatic N) is 1. The molecule has 1 atom stereocenters. The minimum Gasteiger partial charge on any atom is -0.359 e. The molecule has 1 aliphatic heterocycles. The van der Waals surface area contributed by atoms with Crippen molar-refractivity contribution in [3.8, 4) is 0 Å². The molecule has 102 valence electrons. The molecule has 0 spiro atoms. The maximum Gasteiger partial charge on any atom is 0.242 e. The van der Waals surface area contributed by atoms with Gasteiger partial charge in [0.25, 0.3) is 0 Å². The number of nitrogens with one attached hydrogen (secondary N) is 1. The molecule has 1 saturated heterocycles. The van der Waals surface area contributed by atoms with E-state index in [1.807, 2.05) is 11.8 Å². The average molecular weight is 253 g/mol. The van der Waals surface area contributed by atoms with Gasteiger partial charge in [-0.1, -0.05) is 0 Å². The first-order chi connectivity index (χ1) is 8.46. The number of likely N-dealkylation sites (tertiary alicyclic amines) is 1. The van der Waals surface area contributed by atoms with Gasteiger partial charge in [0.2, 0.25) is 11.8 Å². The molecule has 1 heterocycles. The van der Waals surface area contributed by atoms with E-state index in [-0.39, 0.29) is 17.7 Å². The third-order valence-corrected chi connectivity index (χ3v) is 4.29. The molecule has 0 aromatic carbocycles. The van der Waals surface area contributed by atoms with Gasteiger partial charge in [0.05, 0.1) is 5.54 Å². The van der Waals surface area contributed by atoms with E-state index in [4.69, 9.17) is 5.73 Å². The monoisotopic (exact) mass is 253 g/mol. The van der Waals surface area contributed by atoms with Crippen LogP contribution in [0.5, 0.6) is 0 Å². The van der Waals surface area contributed by atoms with Crippen molar-refractivity contribution in [3.63, 3.8) is 0 Å². The predicted octanol–water partition coefficient (Wildman–Crippen LogP) is 0.0984. The largest absolute Gasteiger partial charge is 0.359 e. The van der Waals surface area contributed by atoms with Crippen LogP contribution in [0.3, 0.4) is 0 Å². The molecule has 1 aliphatic carbocycles. The van der Waals surface area contributed by atoms with Gasteiger partial charge in [-0.25, -0.2) is 0 Å². The number of hydrogen-bond donors (Lipinski definition) is 2. The van der Waals surface area contributed by atoms with E-state index < -0.39 is 5.54 Å². The highest BCUT2D eigenvalue weighted by molar-refractivity contribution is 5.87. The molecule has 18 heavy (non-hydrogen) atoms. The summed E-state index contributed by atoms with van der Waals surface area (Å²) >= 11 is 0. The highest BCUT2D eigenvalue weighted by Gasteiger charge is 2.46. The molecule has 1 saturated carbocycles. The Hall–Kier alpha value is -1.10. The van der Waals surface area contributed by atoms with Gasteiger partial charge in [-0.3, -0.25) is 9.59 Å². The fourth-order valence-corrected chi connectivity index (χ4v) is 2.75. The maximum atomic E-state index is 12.3. The van der Waals surface area contributed by atoms with Crippen molar-refractivity contribution < 1.29 is 9.59 Å². The highest BCUT2D eigenvalue weighted by atomic mass is 16.2. The molecule has 0 radical (unpaired) electrons. The lowest BCUT2D eigenvalue weighted by molar-refractivity contribution is -0.140. The Morgan fingerprint density at radius 3 is 2.22 bits per heavy atom. The Balaban J connectivity index is 1.89. The number of carbonyl (C=O) groups is 2. The number of carbonyl (C=O) groups excluding carboxylic acids is 2. The number of amides is 2. The number of hydrogen-bond acceptors (Lipinski definition) is 3. The normalized spacial score (nSPS) is 24.5. The second-order valence-corrected chi connectivity index (χ2v) is 5.74. The molecule has 2 fully saturated rings. The molecule has 3 N–H and O–H groups in total. The van der Waals surface area contributed by atoms with Crippen LogP contribution in [0.4, 0.5) is 0 Å². The smallest absolute Gasteiger partial charge is 0.242 e. The Kier molecular flexibility index (Phi) is 3.61. The first-order valence-electron chi connectivity index (χ1n) is 6.76. The summed E-state index contributed by atoms with van der Waals surface area (Å²) in [5.41, 5.74) is 5.44. The van der Waals surface area contributed by atoms with Crippen LogP contribution >= 0.6 is 0 Å². The third-order valence-electron chi connectivity index (χ3n) is 4.29. The summed E-state index contributed by atoms with van der Waals surface area (Å²) in [5, 5.41) is 2.67. The minimum absolute atomic E-state index is 0.0454. The molecule has 5 heteroatoms. The predicted molar refractivity (Wildman–Crippen MR) is 68.7 cm³/mol. The number of rotatable bonds is 3. The zero-order valence-electron chi connectivity index (χ0n) is 11.2. The van der Waals surface area contributed by atoms with Gasteiger partial charge in [0.1, 0.15) is 0 Å². The molecule has 5 nitrogen and oxygen atoms in total. The first kappa shape index (κ1) is 13.3. The first-order valence-corrected chi connectivity index (χ1v) is 6.76. The summed E-state index contributed by atoms with van der Waals surface area (Å²) in [4.78, 5) is 25.7. The minimum atomic E-state index is -0.708. The van der Waals surface area contributed by atoms with Crippen molar-refractivity contribution in [2.75, 3.05) is 20.1 Å². The van der Waals surface area contributed by atoms with Gasteiger partial charge < -0.3 is 16.0 Å². The topological polar surface area (TPSA) is 75.4 Å². The maximum absolute atomic E-state index is 12.3. The Bertz CT molecular complexity index is 342. The van der Waals surface area contributed by atoms with Gasteiger partial charge in [0.15, 0.2) is 0 Å². The summed E-state index contributed by atoms with van der Waals surface area (Å²) < 4.78 is 0. The molecule has 2 amide bonds. The molecule has 0 aromatic rings. The SMILES string of the molecule is CNC(=O)C1CCN(C(=O)C(C)(N)C2CC2)CC1. The molecule has 0 bridgehead atoms. The molecular formula is C13H23N3O2. The lowest BCUT2D eigenvalue weighted by Crippen LogP contribution is -2.56. The fourth-order valence-electron chi connectivity index (χ4n) is 2.75. The van der Waals surface area contributed by atoms with Gasteiger partial charge in [0, 0.05) is 26.1 Å². The van der Waals surface area contributed by atoms with Crippen LogP contribution in [0, 0.1) is 11.8 Å². The van der Waals surface area contributed by atoms with Crippen LogP contribution in [-0.4, -0.2) is 42.4 Å². The van der Waals surface area contributed by atoms with Gasteiger partial charge >= 0.3 is 0 Å². The van der Waals surface area contributed by atoms with Crippen LogP contribution in [0.25, 0.3) is 0 Å². The highest BCUT2D eigenvalue weighted by Crippen LogP contribution is 2.39. The van der Waals surface area contributed by atoms with E-state index in [9.17, 15) is 9.59 Å². The van der Waals surface area contributed by atoms with Crippen LogP contribution in [0.1, 0.15) is 32.6 Å². The van der Waals surface area contributed by atoms with Crippen LogP contribution in [0.15, 0.2) is 0 Å². The van der Waals surface area contributed by atoms with E-state index in [1.165, 1.54) is 0 Å². The fraction of sp³-hybridized carbons (Fsp3) is 0.846. The van der Waals surface area contributed by atoms with E-state index in [2.05, 4.69) is 5.32 Å². The third kappa shape index (κ3) is 2.51. The second-order valence-electron chi connectivity index (χ2n) is 5.74. The van der Waals surface area contributed by atoms with E-state index in [0.29, 0.717) is 19.0 Å². The van der Waals surface area contributed by atoms with Gasteiger partial charge in [-0.2, -0.15) is 0 Å². The number of piperidine rings is 1. The van der Waals surface area contributed by atoms with Gasteiger partial charge in [-0.05, 0) is 38.5 Å². The molecule has 1 unspecified atom stereocenters. The van der Waals surface area contributed by atoms with Crippen molar-refractivity contribution in [2.24, 2.45) is 17.6 Å². The average Bonchev–Trinajstić information content (AvgIpc) is 3.21. The van der Waals surface area contributed by atoms with Crippen LogP contribution in [-0.2, 0) is 9.59 Å². The summed E-state index contributed by atoms with van der Waals surface area (Å²) in [6, 6.07) is 0. The lowest BCUT2D eigenvalue weighted by Gasteiger charge is -2.36. The van der Waals surface area contributed by atoms with Crippen molar-refractivity contribution in [1.82, 2.24) is 10.2 Å². The molecule has 2 rings (SSSR count). The quantitative estimate of drug-likeness (QED) is 0.749. The van der Waals surface area contributed by atoms with E-state index in [0.717, 1.165) is 25.7 Å². The van der Waals surface area contributed by atoms with Crippen LogP contribution in [0.2, 0.25) is 0 Å². The second kappa shape index (κ2) is 4.88. The Morgan fingerprint density at radius 2 is 1.78 bits per heavy atom. The van der Waals surface area contributed by atoms with Crippen LogP contribution < -0.4 is 11.1 Å². The van der Waals surface area contributed by atoms with Gasteiger partial charge in [-0.15, -0.1) is 0 Å². The zero-order valence-corrected chi connectivity index (χ0v) is 11.2. The van der Waals surface area contributed by atoms with E-state index >= 15 is 0 Å². The van der Waals surface area contributed by atoms with Crippen molar-refractivity contribution in [3.05, 3.63) is 0 Å². The Labute approximate surface area is 108 Å². The van der Waals surface area contributed by atoms with Crippen molar-refractivity contribution >= 4 is 11.8 Å². The van der Waals surface area contributed by atoms with Crippen molar-refractivity contribution in [1.29, 1.82) is 0 Å². The summed E-state index contributed by atoms with van der Waals surface area (Å²) in [6.07, 6.45) is 3.61. The van der Waals surface area contributed by atoms with E-state index in [1.54, 1.807) is 7.05 Å². The lowest BCUT2D eigenvalue weighted by atomic mass is 9.91. The summed E-state index contributed by atoms with van der Waals surface area (Å²) in [5.74, 6) is 0.533. The molecule has 0 aromatic heterocycles.